The van der Waals surface area contributed by atoms with Crippen molar-refractivity contribution in [1.82, 2.24) is 25.1 Å². The van der Waals surface area contributed by atoms with E-state index < -0.39 is 6.04 Å². The van der Waals surface area contributed by atoms with Gasteiger partial charge in [-0.1, -0.05) is 62.4 Å². The molecule has 0 bridgehead atoms. The molecule has 1 atom stereocenters. The molecule has 2 amide bonds. The molecule has 0 aliphatic carbocycles. The van der Waals surface area contributed by atoms with E-state index in [4.69, 9.17) is 0 Å². The molecule has 9 heteroatoms. The van der Waals surface area contributed by atoms with Crippen LogP contribution in [-0.4, -0.2) is 58.3 Å². The lowest BCUT2D eigenvalue weighted by Crippen LogP contribution is -2.44. The van der Waals surface area contributed by atoms with Gasteiger partial charge in [-0.25, -0.2) is 9.97 Å². The number of hydrogen-bond donors (Lipinski definition) is 1. The van der Waals surface area contributed by atoms with Crippen LogP contribution in [0.5, 0.6) is 0 Å². The van der Waals surface area contributed by atoms with E-state index in [9.17, 15) is 9.59 Å². The number of nitrogens with one attached hydrogen (secondary N) is 1. The van der Waals surface area contributed by atoms with Gasteiger partial charge >= 0.3 is 0 Å². The lowest BCUT2D eigenvalue weighted by Gasteiger charge is -2.24. The van der Waals surface area contributed by atoms with Crippen LogP contribution in [0.1, 0.15) is 43.6 Å². The molecule has 0 spiro atoms. The second-order valence-corrected chi connectivity index (χ2v) is 12.1. The zero-order chi connectivity index (χ0) is 28.5. The summed E-state index contributed by atoms with van der Waals surface area (Å²) in [5.41, 5.74) is 4.60. The Morgan fingerprint density at radius 3 is 1.77 bits per heavy atom. The molecular weight excluding hydrogens is 539 g/mol. The summed E-state index contributed by atoms with van der Waals surface area (Å²) in [5, 5.41) is 4.57. The first-order chi connectivity index (χ1) is 19.4. The van der Waals surface area contributed by atoms with E-state index in [1.54, 1.807) is 34.5 Å². The van der Waals surface area contributed by atoms with Gasteiger partial charge in [-0.15, -0.1) is 22.7 Å². The fourth-order valence-electron chi connectivity index (χ4n) is 4.53. The lowest BCUT2D eigenvalue weighted by molar-refractivity contribution is -0.134. The van der Waals surface area contributed by atoms with E-state index in [0.717, 1.165) is 52.0 Å². The number of aromatic nitrogens is 2. The molecule has 1 N–H and O–H groups in total. The van der Waals surface area contributed by atoms with E-state index in [-0.39, 0.29) is 5.91 Å². The summed E-state index contributed by atoms with van der Waals surface area (Å²) in [6, 6.07) is 16.6. The topological polar surface area (TPSA) is 78.4 Å². The summed E-state index contributed by atoms with van der Waals surface area (Å²) in [4.78, 5) is 39.0. The van der Waals surface area contributed by atoms with E-state index in [1.165, 1.54) is 16.0 Å². The standard InChI is InChI=1S/C31H37N5O2S2/c1-5-15-35(4)19-29-32-17-27(39-29)25-11-7-23(8-12-25)24-9-13-26(14-10-24)28-18-33-30(40-28)20-36(16-6-2)31(38)22(3)34-21-37/h7-14,17-18,21-22H,5-6,15-16,19-20H2,1-4H3,(H,34,37)/t22-/m0/s1. The molecule has 0 aliphatic rings. The predicted octanol–water partition coefficient (Wildman–Crippen LogP) is 6.32. The monoisotopic (exact) mass is 575 g/mol. The van der Waals surface area contributed by atoms with E-state index in [0.29, 0.717) is 19.5 Å². The highest BCUT2D eigenvalue weighted by atomic mass is 32.1. The molecular formula is C31H37N5O2S2. The second-order valence-electron chi connectivity index (χ2n) is 9.89. The van der Waals surface area contributed by atoms with Crippen molar-refractivity contribution in [1.29, 1.82) is 0 Å². The molecule has 2 heterocycles. The van der Waals surface area contributed by atoms with E-state index >= 15 is 0 Å². The maximum absolute atomic E-state index is 12.7. The SMILES string of the molecule is CCCN(C)Cc1ncc(-c2ccc(-c3ccc(-c4cnc(CN(CCC)C(=O)[C@H](C)NC=O)s4)cc3)cc2)s1. The van der Waals surface area contributed by atoms with Crippen molar-refractivity contribution in [2.45, 2.75) is 52.7 Å². The van der Waals surface area contributed by atoms with Crippen molar-refractivity contribution in [3.63, 3.8) is 0 Å². The number of benzene rings is 2. The fourth-order valence-corrected chi connectivity index (χ4v) is 6.47. The van der Waals surface area contributed by atoms with Gasteiger partial charge in [0.2, 0.25) is 12.3 Å². The molecule has 40 heavy (non-hydrogen) atoms. The number of rotatable bonds is 14. The van der Waals surface area contributed by atoms with E-state index in [1.807, 2.05) is 19.3 Å². The summed E-state index contributed by atoms with van der Waals surface area (Å²) >= 11 is 3.35. The predicted molar refractivity (Wildman–Crippen MR) is 165 cm³/mol. The van der Waals surface area contributed by atoms with Crippen LogP contribution in [0.25, 0.3) is 32.0 Å². The molecule has 2 aromatic heterocycles. The zero-order valence-corrected chi connectivity index (χ0v) is 25.2. The Labute approximate surface area is 244 Å². The molecule has 4 rings (SSSR count). The van der Waals surface area contributed by atoms with Gasteiger partial charge in [0, 0.05) is 18.9 Å². The van der Waals surface area contributed by atoms with Gasteiger partial charge < -0.3 is 10.2 Å². The van der Waals surface area contributed by atoms with Gasteiger partial charge in [0.25, 0.3) is 0 Å². The third-order valence-corrected chi connectivity index (χ3v) is 8.67. The lowest BCUT2D eigenvalue weighted by atomic mass is 10.0. The molecule has 0 saturated carbocycles. The molecule has 0 fully saturated rings. The zero-order valence-electron chi connectivity index (χ0n) is 23.6. The van der Waals surface area contributed by atoms with Gasteiger partial charge in [0.15, 0.2) is 0 Å². The van der Waals surface area contributed by atoms with Gasteiger partial charge in [0.1, 0.15) is 16.1 Å². The summed E-state index contributed by atoms with van der Waals surface area (Å²) in [7, 11) is 2.14. The number of thiazole rings is 2. The normalized spacial score (nSPS) is 11.9. The molecule has 0 aliphatic heterocycles. The van der Waals surface area contributed by atoms with E-state index in [2.05, 4.69) is 82.7 Å². The number of nitrogens with zero attached hydrogens (tertiary/aromatic N) is 4. The van der Waals surface area contributed by atoms with Crippen molar-refractivity contribution in [2.24, 2.45) is 0 Å². The van der Waals surface area contributed by atoms with Gasteiger partial charge in [-0.3, -0.25) is 14.5 Å². The second kappa shape index (κ2) is 14.3. The molecule has 2 aromatic carbocycles. The van der Waals surface area contributed by atoms with Gasteiger partial charge in [0.05, 0.1) is 22.8 Å². The summed E-state index contributed by atoms with van der Waals surface area (Å²) in [6.07, 6.45) is 6.39. The Morgan fingerprint density at radius 2 is 1.30 bits per heavy atom. The highest BCUT2D eigenvalue weighted by Crippen LogP contribution is 2.32. The first-order valence-electron chi connectivity index (χ1n) is 13.7. The maximum atomic E-state index is 12.7. The average Bonchev–Trinajstić information content (AvgIpc) is 3.63. The highest BCUT2D eigenvalue weighted by Gasteiger charge is 2.21. The van der Waals surface area contributed by atoms with Crippen molar-refractivity contribution >= 4 is 35.0 Å². The van der Waals surface area contributed by atoms with Crippen LogP contribution in [-0.2, 0) is 22.7 Å². The Balaban J connectivity index is 1.40. The largest absolute Gasteiger partial charge is 0.347 e. The van der Waals surface area contributed by atoms with Crippen LogP contribution in [0, 0.1) is 0 Å². The Morgan fingerprint density at radius 1 is 0.825 bits per heavy atom. The minimum atomic E-state index is -0.554. The number of carbonyl (C=O) groups excluding carboxylic acids is 2. The number of amides is 2. The van der Waals surface area contributed by atoms with Crippen LogP contribution < -0.4 is 5.32 Å². The van der Waals surface area contributed by atoms with Crippen molar-refractivity contribution in [3.05, 3.63) is 70.9 Å². The summed E-state index contributed by atoms with van der Waals surface area (Å²) in [5.74, 6) is -0.101. The first kappa shape index (κ1) is 29.6. The van der Waals surface area contributed by atoms with Gasteiger partial charge in [-0.05, 0) is 55.6 Å². The third kappa shape index (κ3) is 7.62. The Kier molecular flexibility index (Phi) is 10.6. The van der Waals surface area contributed by atoms with Crippen molar-refractivity contribution < 1.29 is 9.59 Å². The molecule has 4 aromatic rings. The van der Waals surface area contributed by atoms with Crippen molar-refractivity contribution in [2.75, 3.05) is 20.1 Å². The van der Waals surface area contributed by atoms with Gasteiger partial charge in [-0.2, -0.15) is 0 Å². The highest BCUT2D eigenvalue weighted by molar-refractivity contribution is 7.15. The van der Waals surface area contributed by atoms with Crippen molar-refractivity contribution in [3.8, 4) is 32.0 Å². The summed E-state index contributed by atoms with van der Waals surface area (Å²) in [6.45, 7) is 8.94. The minimum absolute atomic E-state index is 0.101. The quantitative estimate of drug-likeness (QED) is 0.178. The minimum Gasteiger partial charge on any atom is -0.347 e. The molecule has 0 saturated heterocycles. The molecule has 0 unspecified atom stereocenters. The average molecular weight is 576 g/mol. The van der Waals surface area contributed by atoms with Crippen LogP contribution in [0.15, 0.2) is 60.9 Å². The maximum Gasteiger partial charge on any atom is 0.245 e. The summed E-state index contributed by atoms with van der Waals surface area (Å²) < 4.78 is 0. The van der Waals surface area contributed by atoms with Crippen LogP contribution in [0.4, 0.5) is 0 Å². The Hall–Kier alpha value is -3.40. The molecule has 210 valence electrons. The number of hydrogen-bond acceptors (Lipinski definition) is 7. The third-order valence-electron chi connectivity index (χ3n) is 6.61. The fraction of sp³-hybridized carbons (Fsp3) is 0.355. The molecule has 7 nitrogen and oxygen atoms in total. The van der Waals surface area contributed by atoms with Crippen LogP contribution >= 0.6 is 22.7 Å². The molecule has 0 radical (unpaired) electrons. The first-order valence-corrected chi connectivity index (χ1v) is 15.3. The van der Waals surface area contributed by atoms with Crippen LogP contribution in [0.3, 0.4) is 0 Å². The van der Waals surface area contributed by atoms with Crippen LogP contribution in [0.2, 0.25) is 0 Å². The smallest absolute Gasteiger partial charge is 0.245 e. The Bertz CT molecular complexity index is 1380. The number of carbonyl (C=O) groups is 2.